The van der Waals surface area contributed by atoms with Crippen molar-refractivity contribution < 1.29 is 33.0 Å². The van der Waals surface area contributed by atoms with Gasteiger partial charge in [0.1, 0.15) is 17.9 Å². The van der Waals surface area contributed by atoms with E-state index in [0.717, 1.165) is 5.56 Å². The Labute approximate surface area is 161 Å². The van der Waals surface area contributed by atoms with Crippen LogP contribution in [0.2, 0.25) is 0 Å². The van der Waals surface area contributed by atoms with Crippen LogP contribution in [-0.2, 0) is 22.6 Å². The van der Waals surface area contributed by atoms with Crippen LogP contribution in [0.3, 0.4) is 0 Å². The molecule has 3 aromatic rings. The lowest BCUT2D eigenvalue weighted by atomic mass is 10.1. The molecule has 0 bridgehead atoms. The van der Waals surface area contributed by atoms with Crippen molar-refractivity contribution in [3.8, 4) is 0 Å². The summed E-state index contributed by atoms with van der Waals surface area (Å²) in [6, 6.07) is 8.95. The quantitative estimate of drug-likeness (QED) is 0.572. The minimum Gasteiger partial charge on any atom is -0.480 e. The van der Waals surface area contributed by atoms with Crippen molar-refractivity contribution >= 4 is 23.1 Å². The van der Waals surface area contributed by atoms with Crippen molar-refractivity contribution in [2.45, 2.75) is 25.2 Å². The van der Waals surface area contributed by atoms with Gasteiger partial charge < -0.3 is 20.5 Å². The van der Waals surface area contributed by atoms with Crippen LogP contribution in [0.4, 0.5) is 13.2 Å². The lowest BCUT2D eigenvalue weighted by molar-refractivity contribution is -0.192. The van der Waals surface area contributed by atoms with Gasteiger partial charge in [-0.1, -0.05) is 30.3 Å². The van der Waals surface area contributed by atoms with Crippen molar-refractivity contribution in [3.63, 3.8) is 0 Å². The highest BCUT2D eigenvalue weighted by atomic mass is 19.4. The van der Waals surface area contributed by atoms with Gasteiger partial charge >= 0.3 is 18.1 Å². The number of fused-ring (bicyclic) bond motifs is 1. The number of aliphatic carboxylic acids is 2. The molecule has 1 atom stereocenters. The molecular weight excluding hydrogens is 395 g/mol. The molecule has 2 heterocycles. The predicted octanol–water partition coefficient (Wildman–Crippen LogP) is 1.46. The van der Waals surface area contributed by atoms with Crippen LogP contribution in [0.25, 0.3) is 11.2 Å². The van der Waals surface area contributed by atoms with Crippen LogP contribution in [0.1, 0.15) is 11.3 Å². The van der Waals surface area contributed by atoms with Crippen LogP contribution in [0.15, 0.2) is 43.0 Å². The number of carboxylic acid groups (broad SMARTS) is 2. The first-order chi connectivity index (χ1) is 13.6. The molecule has 0 unspecified atom stereocenters. The highest BCUT2D eigenvalue weighted by molar-refractivity contribution is 5.77. The van der Waals surface area contributed by atoms with Crippen molar-refractivity contribution in [1.82, 2.24) is 19.5 Å². The van der Waals surface area contributed by atoms with E-state index in [1.54, 1.807) is 6.33 Å². The Balaban J connectivity index is 0.000000370. The number of carbonyl (C=O) groups is 2. The van der Waals surface area contributed by atoms with Gasteiger partial charge in [-0.05, 0) is 5.56 Å². The third kappa shape index (κ3) is 5.97. The number of benzene rings is 1. The average molecular weight is 411 g/mol. The minimum absolute atomic E-state index is 0.122. The predicted molar refractivity (Wildman–Crippen MR) is 93.9 cm³/mol. The van der Waals surface area contributed by atoms with Crippen molar-refractivity contribution in [2.75, 3.05) is 0 Å². The highest BCUT2D eigenvalue weighted by Gasteiger charge is 2.38. The van der Waals surface area contributed by atoms with E-state index in [-0.39, 0.29) is 6.42 Å². The number of alkyl halides is 3. The molecule has 12 heteroatoms. The Morgan fingerprint density at radius 1 is 1.10 bits per heavy atom. The molecular formula is C17H16F3N5O4. The number of halogens is 3. The van der Waals surface area contributed by atoms with Crippen LogP contribution in [0.5, 0.6) is 0 Å². The van der Waals surface area contributed by atoms with Gasteiger partial charge in [-0.3, -0.25) is 4.79 Å². The molecule has 0 saturated carbocycles. The van der Waals surface area contributed by atoms with Crippen molar-refractivity contribution in [1.29, 1.82) is 0 Å². The maximum absolute atomic E-state index is 10.9. The molecule has 29 heavy (non-hydrogen) atoms. The lowest BCUT2D eigenvalue weighted by Gasteiger charge is -2.07. The molecule has 1 aromatic carbocycles. The molecule has 4 N–H and O–H groups in total. The van der Waals surface area contributed by atoms with Crippen LogP contribution < -0.4 is 5.73 Å². The average Bonchev–Trinajstić information content (AvgIpc) is 3.06. The van der Waals surface area contributed by atoms with E-state index in [4.69, 9.17) is 20.7 Å². The summed E-state index contributed by atoms with van der Waals surface area (Å²) in [6.07, 6.45) is -1.87. The molecule has 0 amide bonds. The van der Waals surface area contributed by atoms with E-state index in [1.165, 1.54) is 6.33 Å². The summed E-state index contributed by atoms with van der Waals surface area (Å²) in [5, 5.41) is 16.0. The lowest BCUT2D eigenvalue weighted by Crippen LogP contribution is -2.32. The molecule has 154 valence electrons. The van der Waals surface area contributed by atoms with E-state index in [9.17, 15) is 18.0 Å². The third-order valence-electron chi connectivity index (χ3n) is 3.65. The molecule has 0 aliphatic rings. The second kappa shape index (κ2) is 9.10. The van der Waals surface area contributed by atoms with Gasteiger partial charge in [-0.25, -0.2) is 19.7 Å². The van der Waals surface area contributed by atoms with Crippen molar-refractivity contribution in [3.05, 3.63) is 54.2 Å². The highest BCUT2D eigenvalue weighted by Crippen LogP contribution is 2.16. The summed E-state index contributed by atoms with van der Waals surface area (Å²) >= 11 is 0. The Morgan fingerprint density at radius 3 is 2.28 bits per heavy atom. The monoisotopic (exact) mass is 411 g/mol. The van der Waals surface area contributed by atoms with Gasteiger partial charge in [0.2, 0.25) is 0 Å². The Hall–Kier alpha value is -3.54. The Bertz CT molecular complexity index is 992. The number of imidazole rings is 1. The number of hydrogen-bond acceptors (Lipinski definition) is 6. The summed E-state index contributed by atoms with van der Waals surface area (Å²) in [4.78, 5) is 32.5. The smallest absolute Gasteiger partial charge is 0.480 e. The first-order valence-electron chi connectivity index (χ1n) is 8.06. The molecule has 0 saturated heterocycles. The fourth-order valence-corrected chi connectivity index (χ4v) is 2.27. The molecule has 0 spiro atoms. The molecule has 9 nitrogen and oxygen atoms in total. The maximum Gasteiger partial charge on any atom is 0.490 e. The SMILES string of the molecule is N[C@H](Cc1ncnc2c1ncn2Cc1ccccc1)C(=O)O.O=C(O)C(F)(F)F. The number of nitrogens with zero attached hydrogens (tertiary/aromatic N) is 4. The van der Waals surface area contributed by atoms with Crippen LogP contribution in [0, 0.1) is 0 Å². The number of hydrogen-bond donors (Lipinski definition) is 3. The molecule has 2 aromatic heterocycles. The standard InChI is InChI=1S/C15H15N5O2.C2HF3O2/c16-11(15(21)22)6-12-13-14(18-8-17-12)20(9-19-13)7-10-4-2-1-3-5-10;3-2(4,5)1(6)7/h1-5,8-9,11H,6-7,16H2,(H,21,22);(H,6,7)/t11-;/m1./s1. The molecule has 0 aliphatic heterocycles. The molecule has 0 fully saturated rings. The van der Waals surface area contributed by atoms with Gasteiger partial charge in [-0.15, -0.1) is 0 Å². The summed E-state index contributed by atoms with van der Waals surface area (Å²) < 4.78 is 33.6. The Morgan fingerprint density at radius 2 is 1.72 bits per heavy atom. The summed E-state index contributed by atoms with van der Waals surface area (Å²) in [5.74, 6) is -3.82. The van der Waals surface area contributed by atoms with Crippen molar-refractivity contribution in [2.24, 2.45) is 5.73 Å². The molecule has 0 radical (unpaired) electrons. The van der Waals surface area contributed by atoms with E-state index in [2.05, 4.69) is 15.0 Å². The zero-order chi connectivity index (χ0) is 21.6. The van der Waals surface area contributed by atoms with E-state index in [1.807, 2.05) is 34.9 Å². The number of aromatic nitrogens is 4. The normalized spacial score (nSPS) is 12.1. The van der Waals surface area contributed by atoms with E-state index >= 15 is 0 Å². The third-order valence-corrected chi connectivity index (χ3v) is 3.65. The van der Waals surface area contributed by atoms with Gasteiger partial charge in [0, 0.05) is 6.42 Å². The van der Waals surface area contributed by atoms with E-state index < -0.39 is 24.2 Å². The van der Waals surface area contributed by atoms with Gasteiger partial charge in [-0.2, -0.15) is 13.2 Å². The zero-order valence-electron chi connectivity index (χ0n) is 14.7. The second-order valence-electron chi connectivity index (χ2n) is 5.80. The number of nitrogens with two attached hydrogens (primary N) is 1. The first-order valence-corrected chi connectivity index (χ1v) is 8.06. The summed E-state index contributed by atoms with van der Waals surface area (Å²) in [5.41, 5.74) is 8.52. The summed E-state index contributed by atoms with van der Waals surface area (Å²) in [6.45, 7) is 0.638. The molecule has 0 aliphatic carbocycles. The fourth-order valence-electron chi connectivity index (χ4n) is 2.27. The number of rotatable bonds is 5. The zero-order valence-corrected chi connectivity index (χ0v) is 14.7. The molecule has 3 rings (SSSR count). The number of carboxylic acids is 2. The van der Waals surface area contributed by atoms with Crippen LogP contribution in [-0.4, -0.2) is 53.9 Å². The van der Waals surface area contributed by atoms with Gasteiger partial charge in [0.15, 0.2) is 5.65 Å². The first kappa shape index (κ1) is 21.8. The largest absolute Gasteiger partial charge is 0.490 e. The fraction of sp³-hybridized carbons (Fsp3) is 0.235. The van der Waals surface area contributed by atoms with Crippen LogP contribution >= 0.6 is 0 Å². The van der Waals surface area contributed by atoms with Gasteiger partial charge in [0.25, 0.3) is 0 Å². The summed E-state index contributed by atoms with van der Waals surface area (Å²) in [7, 11) is 0. The maximum atomic E-state index is 10.9. The second-order valence-corrected chi connectivity index (χ2v) is 5.80. The van der Waals surface area contributed by atoms with Gasteiger partial charge in [0.05, 0.1) is 18.6 Å². The van der Waals surface area contributed by atoms with E-state index in [0.29, 0.717) is 23.4 Å². The minimum atomic E-state index is -5.08. The Kier molecular flexibility index (Phi) is 6.83. The topological polar surface area (TPSA) is 144 Å².